The van der Waals surface area contributed by atoms with Gasteiger partial charge in [0.2, 0.25) is 0 Å². The summed E-state index contributed by atoms with van der Waals surface area (Å²) in [6.45, 7) is 0.342. The van der Waals surface area contributed by atoms with E-state index in [0.29, 0.717) is 23.6 Å². The zero-order chi connectivity index (χ0) is 24.8. The molecule has 0 saturated heterocycles. The number of anilines is 1. The highest BCUT2D eigenvalue weighted by atomic mass is 32.1. The second-order valence-electron chi connectivity index (χ2n) is 10.7. The molecule has 0 aliphatic heterocycles. The van der Waals surface area contributed by atoms with E-state index in [1.54, 1.807) is 12.1 Å². The Bertz CT molecular complexity index is 1260. The molecule has 0 radical (unpaired) electrons. The van der Waals surface area contributed by atoms with Gasteiger partial charge < -0.3 is 10.1 Å². The van der Waals surface area contributed by atoms with E-state index in [4.69, 9.17) is 4.74 Å². The third-order valence-electron chi connectivity index (χ3n) is 8.03. The van der Waals surface area contributed by atoms with Crippen LogP contribution in [0, 0.1) is 22.0 Å². The summed E-state index contributed by atoms with van der Waals surface area (Å²) in [5.74, 6) is 1.90. The zero-order valence-electron chi connectivity index (χ0n) is 19.8. The number of thiazole rings is 1. The van der Waals surface area contributed by atoms with Crippen LogP contribution in [0.5, 0.6) is 5.75 Å². The van der Waals surface area contributed by atoms with E-state index in [-0.39, 0.29) is 27.6 Å². The smallest absolute Gasteiger partial charge is 0.321 e. The van der Waals surface area contributed by atoms with Crippen LogP contribution in [-0.2, 0) is 12.0 Å². The van der Waals surface area contributed by atoms with Gasteiger partial charge in [0.15, 0.2) is 5.13 Å². The third-order valence-corrected chi connectivity index (χ3v) is 8.84. The Morgan fingerprint density at radius 2 is 1.81 bits per heavy atom. The quantitative estimate of drug-likeness (QED) is 0.301. The molecule has 3 aromatic rings. The van der Waals surface area contributed by atoms with Gasteiger partial charge >= 0.3 is 6.03 Å². The Balaban J connectivity index is 1.13. The van der Waals surface area contributed by atoms with Crippen molar-refractivity contribution in [2.45, 2.75) is 56.1 Å². The minimum absolute atomic E-state index is 0.0321. The normalized spacial score (nSPS) is 28.0. The van der Waals surface area contributed by atoms with Crippen LogP contribution in [0.2, 0.25) is 0 Å². The SMILES string of the molecule is O=C(Nc1nc(COc2ccccc2)cs1)NC12CC3CC(C1)CC(c1ccc([N+](=O)[O-])cc1)(C3)C2. The number of rotatable bonds is 7. The van der Waals surface area contributed by atoms with Crippen LogP contribution < -0.4 is 15.4 Å². The Hall–Kier alpha value is -3.46. The Labute approximate surface area is 213 Å². The van der Waals surface area contributed by atoms with E-state index in [9.17, 15) is 14.9 Å². The van der Waals surface area contributed by atoms with E-state index in [0.717, 1.165) is 49.1 Å². The number of hydrogen-bond donors (Lipinski definition) is 2. The molecule has 2 N–H and O–H groups in total. The average Bonchev–Trinajstić information content (AvgIpc) is 3.29. The van der Waals surface area contributed by atoms with Crippen LogP contribution in [0.4, 0.5) is 15.6 Å². The highest BCUT2D eigenvalue weighted by Crippen LogP contribution is 2.62. The standard InChI is InChI=1S/C27H28N4O4S/c32-24(29-25-28-21(16-36-25)15-35-23-4-2-1-3-5-23)30-27-13-18-10-19(14-27)12-26(11-18,17-27)20-6-8-22(9-7-20)31(33)34/h1-9,16,18-19H,10-15,17H2,(H2,28,29,30,32). The average molecular weight is 505 g/mol. The van der Waals surface area contributed by atoms with Crippen molar-refractivity contribution in [1.82, 2.24) is 10.3 Å². The number of aromatic nitrogens is 1. The molecule has 9 heteroatoms. The highest BCUT2D eigenvalue weighted by molar-refractivity contribution is 7.13. The van der Waals surface area contributed by atoms with Gasteiger partial charge in [-0.25, -0.2) is 9.78 Å². The summed E-state index contributed by atoms with van der Waals surface area (Å²) in [5, 5.41) is 19.8. The number of carbonyl (C=O) groups is 1. The molecule has 2 atom stereocenters. The van der Waals surface area contributed by atoms with Crippen molar-refractivity contribution >= 4 is 28.2 Å². The fraction of sp³-hybridized carbons (Fsp3) is 0.407. The zero-order valence-corrected chi connectivity index (χ0v) is 20.6. The summed E-state index contributed by atoms with van der Waals surface area (Å²) >= 11 is 1.39. The molecule has 2 aromatic carbocycles. The first-order chi connectivity index (χ1) is 17.4. The van der Waals surface area contributed by atoms with Gasteiger partial charge in [-0.15, -0.1) is 11.3 Å². The largest absolute Gasteiger partial charge is 0.487 e. The number of amides is 2. The lowest BCUT2D eigenvalue weighted by atomic mass is 9.45. The summed E-state index contributed by atoms with van der Waals surface area (Å²) in [6.07, 6.45) is 6.22. The molecule has 0 spiro atoms. The first-order valence-corrected chi connectivity index (χ1v) is 13.2. The number of nitrogens with zero attached hydrogens (tertiary/aromatic N) is 2. The number of benzene rings is 2. The number of urea groups is 1. The second-order valence-corrected chi connectivity index (χ2v) is 11.5. The molecule has 1 aromatic heterocycles. The topological polar surface area (TPSA) is 106 Å². The van der Waals surface area contributed by atoms with Crippen molar-refractivity contribution < 1.29 is 14.5 Å². The molecular weight excluding hydrogens is 476 g/mol. The first-order valence-electron chi connectivity index (χ1n) is 12.4. The summed E-state index contributed by atoms with van der Waals surface area (Å²) in [5.41, 5.74) is 1.76. The van der Waals surface area contributed by atoms with Gasteiger partial charge in [-0.1, -0.05) is 30.3 Å². The predicted octanol–water partition coefficient (Wildman–Crippen LogP) is 6.04. The minimum atomic E-state index is -0.353. The van der Waals surface area contributed by atoms with E-state index in [1.807, 2.05) is 47.8 Å². The molecule has 1 heterocycles. The maximum Gasteiger partial charge on any atom is 0.321 e. The third kappa shape index (κ3) is 4.43. The summed E-state index contributed by atoms with van der Waals surface area (Å²) in [6, 6.07) is 16.4. The number of ether oxygens (including phenoxy) is 1. The van der Waals surface area contributed by atoms with Crippen LogP contribution in [-0.4, -0.2) is 21.5 Å². The summed E-state index contributed by atoms with van der Waals surface area (Å²) < 4.78 is 5.75. The van der Waals surface area contributed by atoms with Gasteiger partial charge in [0.1, 0.15) is 12.4 Å². The lowest BCUT2D eigenvalue weighted by Gasteiger charge is -2.62. The number of nitro groups is 1. The lowest BCUT2D eigenvalue weighted by Crippen LogP contribution is -2.64. The van der Waals surface area contributed by atoms with E-state index in [1.165, 1.54) is 17.8 Å². The Kier molecular flexibility index (Phi) is 5.67. The number of nitrogens with one attached hydrogen (secondary N) is 2. The van der Waals surface area contributed by atoms with Crippen molar-refractivity contribution in [3.63, 3.8) is 0 Å². The van der Waals surface area contributed by atoms with Gasteiger partial charge in [-0.3, -0.25) is 15.4 Å². The van der Waals surface area contributed by atoms with Crippen molar-refractivity contribution in [3.05, 3.63) is 81.3 Å². The van der Waals surface area contributed by atoms with Crippen molar-refractivity contribution in [2.24, 2.45) is 11.8 Å². The van der Waals surface area contributed by atoms with Gasteiger partial charge in [0.25, 0.3) is 5.69 Å². The minimum Gasteiger partial charge on any atom is -0.487 e. The van der Waals surface area contributed by atoms with Crippen molar-refractivity contribution in [1.29, 1.82) is 0 Å². The fourth-order valence-electron chi connectivity index (χ4n) is 7.16. The molecule has 4 saturated carbocycles. The molecule has 2 amide bonds. The number of non-ortho nitro benzene ring substituents is 1. The maximum absolute atomic E-state index is 13.1. The van der Waals surface area contributed by atoms with Gasteiger partial charge in [0.05, 0.1) is 10.6 Å². The van der Waals surface area contributed by atoms with Crippen LogP contribution in [0.25, 0.3) is 0 Å². The van der Waals surface area contributed by atoms with Crippen molar-refractivity contribution in [2.75, 3.05) is 5.32 Å². The van der Waals surface area contributed by atoms with Crippen LogP contribution >= 0.6 is 11.3 Å². The second kappa shape index (κ2) is 8.89. The number of carbonyl (C=O) groups excluding carboxylic acids is 1. The molecule has 2 unspecified atom stereocenters. The number of para-hydroxylation sites is 1. The number of nitro benzene ring substituents is 1. The van der Waals surface area contributed by atoms with Crippen LogP contribution in [0.3, 0.4) is 0 Å². The molecule has 7 rings (SSSR count). The molecule has 4 aliphatic rings. The molecule has 8 nitrogen and oxygen atoms in total. The molecule has 4 bridgehead atoms. The monoisotopic (exact) mass is 504 g/mol. The van der Waals surface area contributed by atoms with Crippen LogP contribution in [0.15, 0.2) is 60.0 Å². The van der Waals surface area contributed by atoms with Gasteiger partial charge in [0, 0.05) is 23.1 Å². The van der Waals surface area contributed by atoms with Gasteiger partial charge in [-0.05, 0) is 73.5 Å². The molecule has 186 valence electrons. The Morgan fingerprint density at radius 1 is 1.08 bits per heavy atom. The number of hydrogen-bond acceptors (Lipinski definition) is 6. The van der Waals surface area contributed by atoms with Crippen LogP contribution in [0.1, 0.15) is 49.8 Å². The molecule has 4 fully saturated rings. The van der Waals surface area contributed by atoms with Crippen molar-refractivity contribution in [3.8, 4) is 5.75 Å². The van der Waals surface area contributed by atoms with E-state index in [2.05, 4.69) is 15.6 Å². The first kappa shape index (κ1) is 23.0. The highest BCUT2D eigenvalue weighted by Gasteiger charge is 2.58. The molecular formula is C27H28N4O4S. The molecule has 36 heavy (non-hydrogen) atoms. The molecule has 4 aliphatic carbocycles. The Morgan fingerprint density at radius 3 is 2.50 bits per heavy atom. The van der Waals surface area contributed by atoms with E-state index >= 15 is 0 Å². The maximum atomic E-state index is 13.1. The lowest BCUT2D eigenvalue weighted by molar-refractivity contribution is -0.384. The fourth-order valence-corrected chi connectivity index (χ4v) is 7.85. The van der Waals surface area contributed by atoms with Gasteiger partial charge in [-0.2, -0.15) is 0 Å². The van der Waals surface area contributed by atoms with E-state index < -0.39 is 0 Å². The predicted molar refractivity (Wildman–Crippen MR) is 137 cm³/mol. The summed E-state index contributed by atoms with van der Waals surface area (Å²) in [7, 11) is 0. The summed E-state index contributed by atoms with van der Waals surface area (Å²) in [4.78, 5) is 28.4.